The van der Waals surface area contributed by atoms with Crippen LogP contribution >= 0.6 is 0 Å². The molecular formula is C16H29N3. The van der Waals surface area contributed by atoms with E-state index in [0.717, 1.165) is 18.4 Å². The first-order chi connectivity index (χ1) is 9.28. The highest BCUT2D eigenvalue weighted by Gasteiger charge is 2.52. The molecule has 0 amide bonds. The van der Waals surface area contributed by atoms with Crippen LogP contribution in [0, 0.1) is 5.92 Å². The predicted octanol–water partition coefficient (Wildman–Crippen LogP) is 3.29. The Kier molecular flexibility index (Phi) is 3.72. The molecule has 0 aromatic rings. The molecule has 0 aromatic heterocycles. The molecule has 1 heterocycles. The maximum Gasteiger partial charge on any atom is 0.192 e. The number of guanidine groups is 1. The van der Waals surface area contributed by atoms with E-state index < -0.39 is 0 Å². The van der Waals surface area contributed by atoms with Crippen molar-refractivity contribution in [3.05, 3.63) is 0 Å². The molecule has 2 unspecified atom stereocenters. The summed E-state index contributed by atoms with van der Waals surface area (Å²) in [4.78, 5) is 7.27. The molecule has 0 aromatic carbocycles. The zero-order chi connectivity index (χ0) is 13.3. The van der Waals surface area contributed by atoms with E-state index in [9.17, 15) is 0 Å². The number of hydrogen-bond acceptors (Lipinski definition) is 3. The number of nitrogens with zero attached hydrogens (tertiary/aromatic N) is 2. The molecular weight excluding hydrogens is 234 g/mol. The van der Waals surface area contributed by atoms with Crippen molar-refractivity contribution < 1.29 is 0 Å². The Hall–Kier alpha value is -0.730. The second-order valence-electron chi connectivity index (χ2n) is 6.79. The molecule has 0 saturated heterocycles. The van der Waals surface area contributed by atoms with Crippen LogP contribution in [0.4, 0.5) is 0 Å². The summed E-state index contributed by atoms with van der Waals surface area (Å²) in [6.45, 7) is 3.31. The first-order valence-electron chi connectivity index (χ1n) is 8.37. The zero-order valence-corrected chi connectivity index (χ0v) is 12.4. The highest BCUT2D eigenvalue weighted by molar-refractivity contribution is 5.81. The molecule has 3 nitrogen and oxygen atoms in total. The maximum absolute atomic E-state index is 6.31. The Morgan fingerprint density at radius 2 is 1.89 bits per heavy atom. The van der Waals surface area contributed by atoms with Crippen LogP contribution in [0.25, 0.3) is 0 Å². The summed E-state index contributed by atoms with van der Waals surface area (Å²) in [5.41, 5.74) is 6.61. The summed E-state index contributed by atoms with van der Waals surface area (Å²) in [6, 6.07) is 0.667. The van der Waals surface area contributed by atoms with Crippen LogP contribution < -0.4 is 5.73 Å². The number of hydrogen-bond donors (Lipinski definition) is 1. The van der Waals surface area contributed by atoms with E-state index in [1.54, 1.807) is 0 Å². The van der Waals surface area contributed by atoms with Gasteiger partial charge in [-0.15, -0.1) is 0 Å². The Morgan fingerprint density at radius 3 is 2.58 bits per heavy atom. The average molecular weight is 263 g/mol. The van der Waals surface area contributed by atoms with Crippen LogP contribution in [0.1, 0.15) is 71.1 Å². The Balaban J connectivity index is 1.85. The molecule has 19 heavy (non-hydrogen) atoms. The molecule has 1 spiro atoms. The van der Waals surface area contributed by atoms with Crippen LogP contribution in [-0.4, -0.2) is 29.0 Å². The molecule has 3 aliphatic rings. The van der Waals surface area contributed by atoms with Gasteiger partial charge in [-0.05, 0) is 31.6 Å². The summed E-state index contributed by atoms with van der Waals surface area (Å²) in [7, 11) is 0. The minimum Gasteiger partial charge on any atom is -0.370 e. The van der Waals surface area contributed by atoms with Crippen LogP contribution in [0.5, 0.6) is 0 Å². The van der Waals surface area contributed by atoms with Crippen molar-refractivity contribution in [2.24, 2.45) is 16.6 Å². The van der Waals surface area contributed by atoms with E-state index in [1.807, 2.05) is 0 Å². The van der Waals surface area contributed by atoms with E-state index in [2.05, 4.69) is 16.8 Å². The summed E-state index contributed by atoms with van der Waals surface area (Å²) < 4.78 is 0. The monoisotopic (exact) mass is 263 g/mol. The summed E-state index contributed by atoms with van der Waals surface area (Å²) >= 11 is 0. The minimum absolute atomic E-state index is 0.299. The molecule has 3 rings (SSSR count). The molecule has 0 radical (unpaired) electrons. The van der Waals surface area contributed by atoms with Crippen molar-refractivity contribution in [1.82, 2.24) is 4.90 Å². The Labute approximate surface area is 117 Å². The van der Waals surface area contributed by atoms with Gasteiger partial charge in [0.05, 0.1) is 12.1 Å². The third-order valence-electron chi connectivity index (χ3n) is 5.85. The van der Waals surface area contributed by atoms with E-state index in [0.29, 0.717) is 11.6 Å². The van der Waals surface area contributed by atoms with Gasteiger partial charge in [0.1, 0.15) is 0 Å². The van der Waals surface area contributed by atoms with Crippen molar-refractivity contribution in [2.75, 3.05) is 6.54 Å². The highest BCUT2D eigenvalue weighted by atomic mass is 15.4. The third-order valence-corrected chi connectivity index (χ3v) is 5.85. The molecule has 2 N–H and O–H groups in total. The normalized spacial score (nSPS) is 36.8. The smallest absolute Gasteiger partial charge is 0.192 e. The van der Waals surface area contributed by atoms with Gasteiger partial charge in [0.25, 0.3) is 0 Å². The minimum atomic E-state index is 0.299. The van der Waals surface area contributed by atoms with Crippen molar-refractivity contribution in [3.8, 4) is 0 Å². The molecule has 2 saturated carbocycles. The lowest BCUT2D eigenvalue weighted by molar-refractivity contribution is 0.0944. The quantitative estimate of drug-likeness (QED) is 0.777. The predicted molar refractivity (Wildman–Crippen MR) is 80.2 cm³/mol. The van der Waals surface area contributed by atoms with Crippen LogP contribution in [0.15, 0.2) is 4.99 Å². The van der Waals surface area contributed by atoms with Gasteiger partial charge in [-0.1, -0.05) is 45.4 Å². The van der Waals surface area contributed by atoms with Gasteiger partial charge in [0.15, 0.2) is 5.96 Å². The van der Waals surface area contributed by atoms with Gasteiger partial charge in [-0.25, -0.2) is 0 Å². The largest absolute Gasteiger partial charge is 0.370 e. The zero-order valence-electron chi connectivity index (χ0n) is 12.4. The van der Waals surface area contributed by atoms with Crippen molar-refractivity contribution in [1.29, 1.82) is 0 Å². The van der Waals surface area contributed by atoms with Gasteiger partial charge in [0.2, 0.25) is 0 Å². The second-order valence-corrected chi connectivity index (χ2v) is 6.79. The molecule has 0 bridgehead atoms. The van der Waals surface area contributed by atoms with E-state index in [-0.39, 0.29) is 0 Å². The molecule has 1 aliphatic heterocycles. The lowest BCUT2D eigenvalue weighted by Crippen LogP contribution is -2.58. The van der Waals surface area contributed by atoms with Crippen molar-refractivity contribution in [2.45, 2.75) is 82.7 Å². The van der Waals surface area contributed by atoms with Crippen LogP contribution in [0.2, 0.25) is 0 Å². The SMILES string of the molecule is CCC1CCCC12CN=C(N)N2C1CCCCCC1. The topological polar surface area (TPSA) is 41.6 Å². The fraction of sp³-hybridized carbons (Fsp3) is 0.938. The Morgan fingerprint density at radius 1 is 1.16 bits per heavy atom. The van der Waals surface area contributed by atoms with Gasteiger partial charge in [-0.3, -0.25) is 4.99 Å². The third kappa shape index (κ3) is 2.15. The number of nitrogens with two attached hydrogens (primary N) is 1. The number of rotatable bonds is 2. The summed E-state index contributed by atoms with van der Waals surface area (Å²) in [6.07, 6.45) is 13.6. The fourth-order valence-electron chi connectivity index (χ4n) is 4.90. The van der Waals surface area contributed by atoms with Gasteiger partial charge < -0.3 is 10.6 Å². The van der Waals surface area contributed by atoms with E-state index in [1.165, 1.54) is 64.2 Å². The van der Waals surface area contributed by atoms with Gasteiger partial charge in [0, 0.05) is 6.04 Å². The van der Waals surface area contributed by atoms with Gasteiger partial charge in [-0.2, -0.15) is 0 Å². The van der Waals surface area contributed by atoms with E-state index in [4.69, 9.17) is 5.73 Å². The molecule has 2 aliphatic carbocycles. The van der Waals surface area contributed by atoms with Crippen LogP contribution in [0.3, 0.4) is 0 Å². The molecule has 2 fully saturated rings. The molecule has 2 atom stereocenters. The van der Waals surface area contributed by atoms with Gasteiger partial charge >= 0.3 is 0 Å². The summed E-state index contributed by atoms with van der Waals surface area (Å²) in [5, 5.41) is 0. The summed E-state index contributed by atoms with van der Waals surface area (Å²) in [5.74, 6) is 1.66. The fourth-order valence-corrected chi connectivity index (χ4v) is 4.90. The second kappa shape index (κ2) is 5.34. The maximum atomic E-state index is 6.31. The molecule has 3 heteroatoms. The average Bonchev–Trinajstić information content (AvgIpc) is 2.85. The van der Waals surface area contributed by atoms with E-state index >= 15 is 0 Å². The first-order valence-corrected chi connectivity index (χ1v) is 8.37. The first kappa shape index (κ1) is 13.3. The lowest BCUT2D eigenvalue weighted by Gasteiger charge is -2.45. The standard InChI is InChI=1S/C16H29N3/c1-2-13-8-7-11-16(13)12-18-15(17)19(16)14-9-5-3-4-6-10-14/h13-14H,2-12H2,1H3,(H2,17,18). The lowest BCUT2D eigenvalue weighted by atomic mass is 9.82. The van der Waals surface area contributed by atoms with Crippen molar-refractivity contribution >= 4 is 5.96 Å². The number of aliphatic imine (C=N–C) groups is 1. The molecule has 108 valence electrons. The van der Waals surface area contributed by atoms with Crippen LogP contribution in [-0.2, 0) is 0 Å². The Bertz CT molecular complexity index is 344. The van der Waals surface area contributed by atoms with Crippen molar-refractivity contribution in [3.63, 3.8) is 0 Å². The highest BCUT2D eigenvalue weighted by Crippen LogP contribution is 2.46.